The van der Waals surface area contributed by atoms with Crippen molar-refractivity contribution in [2.24, 2.45) is 0 Å². The lowest BCUT2D eigenvalue weighted by Gasteiger charge is -1.94. The van der Waals surface area contributed by atoms with Crippen molar-refractivity contribution in [3.63, 3.8) is 0 Å². The van der Waals surface area contributed by atoms with Crippen LogP contribution < -0.4 is 4.72 Å². The molecule has 1 amide bonds. The monoisotopic (exact) mass is 181 g/mol. The Labute approximate surface area is 72.4 Å². The zero-order chi connectivity index (χ0) is 8.72. The molecule has 0 saturated carbocycles. The standard InChI is InChI=1S/C8H7NO2S/c1-5-2-3-7-6(4-5)8(10)9-12(7)11/h2-4H,1H3,(H,9,10). The maximum atomic E-state index is 11.2. The number of nitrogens with one attached hydrogen (secondary N) is 1. The molecule has 4 heteroatoms. The van der Waals surface area contributed by atoms with Crippen molar-refractivity contribution in [2.75, 3.05) is 0 Å². The summed E-state index contributed by atoms with van der Waals surface area (Å²) >= 11 is 0. The molecule has 0 aromatic heterocycles. The minimum Gasteiger partial charge on any atom is -0.268 e. The van der Waals surface area contributed by atoms with Crippen molar-refractivity contribution >= 4 is 16.9 Å². The number of carbonyl (C=O) groups is 1. The molecule has 1 atom stereocenters. The molecule has 3 nitrogen and oxygen atoms in total. The molecule has 0 radical (unpaired) electrons. The van der Waals surface area contributed by atoms with E-state index in [1.54, 1.807) is 12.1 Å². The average Bonchev–Trinajstić information content (AvgIpc) is 2.28. The number of carbonyl (C=O) groups excluding carboxylic acids is 1. The average molecular weight is 181 g/mol. The number of hydrogen-bond donors (Lipinski definition) is 1. The number of fused-ring (bicyclic) bond motifs is 1. The van der Waals surface area contributed by atoms with E-state index in [1.165, 1.54) is 0 Å². The fourth-order valence-corrected chi connectivity index (χ4v) is 2.11. The van der Waals surface area contributed by atoms with Gasteiger partial charge in [-0.15, -0.1) is 0 Å². The largest absolute Gasteiger partial charge is 0.268 e. The second-order valence-corrected chi connectivity index (χ2v) is 3.88. The van der Waals surface area contributed by atoms with E-state index >= 15 is 0 Å². The number of rotatable bonds is 0. The second-order valence-electron chi connectivity index (χ2n) is 2.70. The van der Waals surface area contributed by atoms with Gasteiger partial charge in [-0.1, -0.05) is 11.6 Å². The fraction of sp³-hybridized carbons (Fsp3) is 0.125. The summed E-state index contributed by atoms with van der Waals surface area (Å²) in [5, 5.41) is 0. The van der Waals surface area contributed by atoms with E-state index in [1.807, 2.05) is 13.0 Å². The minimum absolute atomic E-state index is 0.243. The maximum Gasteiger partial charge on any atom is 0.264 e. The van der Waals surface area contributed by atoms with Gasteiger partial charge in [-0.3, -0.25) is 9.52 Å². The molecule has 62 valence electrons. The van der Waals surface area contributed by atoms with Crippen LogP contribution in [-0.4, -0.2) is 10.1 Å². The SMILES string of the molecule is Cc1ccc2c(c1)C(=O)NS2=O. The Morgan fingerprint density at radius 1 is 1.42 bits per heavy atom. The van der Waals surface area contributed by atoms with Gasteiger partial charge in [0.1, 0.15) is 0 Å². The molecule has 1 aliphatic rings. The molecule has 0 spiro atoms. The Morgan fingerprint density at radius 2 is 2.17 bits per heavy atom. The van der Waals surface area contributed by atoms with Crippen LogP contribution in [0, 0.1) is 6.92 Å². The first-order chi connectivity index (χ1) is 5.68. The quantitative estimate of drug-likeness (QED) is 0.642. The van der Waals surface area contributed by atoms with Crippen LogP contribution in [0.5, 0.6) is 0 Å². The Balaban J connectivity index is 2.68. The van der Waals surface area contributed by atoms with E-state index in [0.717, 1.165) is 5.56 Å². The van der Waals surface area contributed by atoms with E-state index < -0.39 is 11.0 Å². The lowest BCUT2D eigenvalue weighted by Crippen LogP contribution is -2.15. The van der Waals surface area contributed by atoms with Gasteiger partial charge in [-0.25, -0.2) is 4.21 Å². The predicted octanol–water partition coefficient (Wildman–Crippen LogP) is 0.761. The lowest BCUT2D eigenvalue weighted by atomic mass is 10.1. The van der Waals surface area contributed by atoms with Crippen molar-refractivity contribution in [2.45, 2.75) is 11.8 Å². The van der Waals surface area contributed by atoms with Gasteiger partial charge in [0, 0.05) is 0 Å². The highest BCUT2D eigenvalue weighted by atomic mass is 32.2. The zero-order valence-corrected chi connectivity index (χ0v) is 7.27. The molecule has 1 unspecified atom stereocenters. The van der Waals surface area contributed by atoms with E-state index in [4.69, 9.17) is 0 Å². The first kappa shape index (κ1) is 7.49. The molecule has 0 fully saturated rings. The van der Waals surface area contributed by atoms with Crippen LogP contribution >= 0.6 is 0 Å². The first-order valence-corrected chi connectivity index (χ1v) is 4.67. The molecule has 1 N–H and O–H groups in total. The van der Waals surface area contributed by atoms with E-state index in [2.05, 4.69) is 4.72 Å². The highest BCUT2D eigenvalue weighted by Gasteiger charge is 2.24. The molecule has 12 heavy (non-hydrogen) atoms. The maximum absolute atomic E-state index is 11.2. The van der Waals surface area contributed by atoms with Crippen molar-refractivity contribution in [3.05, 3.63) is 29.3 Å². The first-order valence-electron chi connectivity index (χ1n) is 3.52. The number of amides is 1. The van der Waals surface area contributed by atoms with Crippen LogP contribution in [0.1, 0.15) is 15.9 Å². The molecule has 0 bridgehead atoms. The lowest BCUT2D eigenvalue weighted by molar-refractivity contribution is 0.0986. The molecule has 1 heterocycles. The summed E-state index contributed by atoms with van der Waals surface area (Å²) in [5.41, 5.74) is 1.54. The van der Waals surface area contributed by atoms with Gasteiger partial charge in [0.15, 0.2) is 11.0 Å². The number of aryl methyl sites for hydroxylation is 1. The minimum atomic E-state index is -1.34. The van der Waals surface area contributed by atoms with Gasteiger partial charge in [0.25, 0.3) is 5.91 Å². The summed E-state index contributed by atoms with van der Waals surface area (Å²) in [4.78, 5) is 11.7. The van der Waals surface area contributed by atoms with Crippen LogP contribution in [0.4, 0.5) is 0 Å². The summed E-state index contributed by atoms with van der Waals surface area (Å²) < 4.78 is 13.5. The van der Waals surface area contributed by atoms with Crippen LogP contribution in [0.3, 0.4) is 0 Å². The van der Waals surface area contributed by atoms with Gasteiger partial charge < -0.3 is 0 Å². The normalized spacial score (nSPS) is 20.4. The highest BCUT2D eigenvalue weighted by molar-refractivity contribution is 7.84. The Kier molecular flexibility index (Phi) is 1.51. The van der Waals surface area contributed by atoms with Crippen LogP contribution in [-0.2, 0) is 11.0 Å². The van der Waals surface area contributed by atoms with Crippen LogP contribution in [0.25, 0.3) is 0 Å². The van der Waals surface area contributed by atoms with E-state index in [9.17, 15) is 9.00 Å². The van der Waals surface area contributed by atoms with E-state index in [0.29, 0.717) is 10.5 Å². The third-order valence-electron chi connectivity index (χ3n) is 1.76. The summed E-state index contributed by atoms with van der Waals surface area (Å²) in [6.45, 7) is 1.90. The molecule has 1 aromatic rings. The molecular formula is C8H7NO2S. The highest BCUT2D eigenvalue weighted by Crippen LogP contribution is 2.19. The smallest absolute Gasteiger partial charge is 0.264 e. The van der Waals surface area contributed by atoms with Crippen molar-refractivity contribution in [1.82, 2.24) is 4.72 Å². The predicted molar refractivity (Wildman–Crippen MR) is 45.1 cm³/mol. The summed E-state index contributed by atoms with van der Waals surface area (Å²) in [7, 11) is -1.34. The molecule has 0 aliphatic carbocycles. The number of benzene rings is 1. The summed E-state index contributed by atoms with van der Waals surface area (Å²) in [5.74, 6) is -0.243. The Bertz CT molecular complexity index is 387. The van der Waals surface area contributed by atoms with Crippen molar-refractivity contribution in [3.8, 4) is 0 Å². The molecule has 1 aromatic carbocycles. The molecule has 2 rings (SSSR count). The summed E-state index contributed by atoms with van der Waals surface area (Å²) in [6, 6.07) is 5.31. The van der Waals surface area contributed by atoms with Gasteiger partial charge in [0.05, 0.1) is 10.5 Å². The zero-order valence-electron chi connectivity index (χ0n) is 6.46. The fourth-order valence-electron chi connectivity index (χ4n) is 1.18. The summed E-state index contributed by atoms with van der Waals surface area (Å²) in [6.07, 6.45) is 0. The van der Waals surface area contributed by atoms with Crippen molar-refractivity contribution in [1.29, 1.82) is 0 Å². The van der Waals surface area contributed by atoms with Gasteiger partial charge >= 0.3 is 0 Å². The molecule has 0 saturated heterocycles. The Hall–Kier alpha value is -1.16. The Morgan fingerprint density at radius 3 is 2.92 bits per heavy atom. The van der Waals surface area contributed by atoms with Gasteiger partial charge in [-0.05, 0) is 19.1 Å². The van der Waals surface area contributed by atoms with Crippen LogP contribution in [0.2, 0.25) is 0 Å². The van der Waals surface area contributed by atoms with E-state index in [-0.39, 0.29) is 5.91 Å². The van der Waals surface area contributed by atoms with Crippen molar-refractivity contribution < 1.29 is 9.00 Å². The molecular weight excluding hydrogens is 174 g/mol. The third-order valence-corrected chi connectivity index (χ3v) is 2.89. The van der Waals surface area contributed by atoms with Gasteiger partial charge in [0.2, 0.25) is 0 Å². The van der Waals surface area contributed by atoms with Crippen LogP contribution in [0.15, 0.2) is 23.1 Å². The third kappa shape index (κ3) is 0.956. The topological polar surface area (TPSA) is 46.2 Å². The number of hydrogen-bond acceptors (Lipinski definition) is 2. The molecule has 1 aliphatic heterocycles. The second kappa shape index (κ2) is 2.42. The van der Waals surface area contributed by atoms with Gasteiger partial charge in [-0.2, -0.15) is 0 Å².